The predicted octanol–water partition coefficient (Wildman–Crippen LogP) is 1.19. The molecule has 0 aliphatic heterocycles. The zero-order chi connectivity index (χ0) is 12.3. The zero-order valence-corrected chi connectivity index (χ0v) is 9.97. The van der Waals surface area contributed by atoms with Gasteiger partial charge in [-0.1, -0.05) is 18.3 Å². The van der Waals surface area contributed by atoms with Crippen LogP contribution >= 0.6 is 12.2 Å². The first-order valence-electron chi connectivity index (χ1n) is 4.74. The minimum Gasteiger partial charge on any atom is -0.508 e. The molecule has 4 nitrogen and oxygen atoms in total. The van der Waals surface area contributed by atoms with Gasteiger partial charge in [0.05, 0.1) is 10.5 Å². The summed E-state index contributed by atoms with van der Waals surface area (Å²) in [5.41, 5.74) is 5.11. The number of aromatic hydroxyl groups is 1. The topological polar surface area (TPSA) is 75.3 Å². The molecule has 16 heavy (non-hydrogen) atoms. The summed E-state index contributed by atoms with van der Waals surface area (Å²) in [5, 5.41) is 11.9. The van der Waals surface area contributed by atoms with Crippen molar-refractivity contribution in [1.82, 2.24) is 5.32 Å². The van der Waals surface area contributed by atoms with Crippen molar-refractivity contribution in [3.63, 3.8) is 0 Å². The third kappa shape index (κ3) is 2.93. The maximum Gasteiger partial charge on any atom is 0.252 e. The number of benzene rings is 1. The van der Waals surface area contributed by atoms with Crippen molar-refractivity contribution in [3.8, 4) is 5.75 Å². The smallest absolute Gasteiger partial charge is 0.252 e. The Bertz CT molecular complexity index is 430. The number of nitrogens with one attached hydrogen (secondary N) is 1. The van der Waals surface area contributed by atoms with Crippen LogP contribution in [-0.2, 0) is 0 Å². The Kier molecular flexibility index (Phi) is 3.49. The van der Waals surface area contributed by atoms with Crippen molar-refractivity contribution in [3.05, 3.63) is 29.8 Å². The molecule has 0 saturated heterocycles. The lowest BCUT2D eigenvalue weighted by atomic mass is 10.0. The molecular formula is C11H14N2O2S. The molecule has 0 aromatic heterocycles. The number of carbonyl (C=O) groups excluding carboxylic acids is 1. The number of carbonyl (C=O) groups is 1. The van der Waals surface area contributed by atoms with Crippen molar-refractivity contribution in [2.24, 2.45) is 5.73 Å². The van der Waals surface area contributed by atoms with Gasteiger partial charge in [0.2, 0.25) is 0 Å². The van der Waals surface area contributed by atoms with Crippen LogP contribution in [0.2, 0.25) is 0 Å². The molecule has 0 saturated carbocycles. The van der Waals surface area contributed by atoms with E-state index in [2.05, 4.69) is 5.32 Å². The summed E-state index contributed by atoms with van der Waals surface area (Å²) in [6.45, 7) is 3.44. The number of thiocarbonyl (C=S) groups is 1. The average Bonchev–Trinajstić information content (AvgIpc) is 2.16. The molecule has 1 amide bonds. The number of phenolic OH excluding ortho intramolecular Hbond substituents is 1. The van der Waals surface area contributed by atoms with E-state index in [1.807, 2.05) is 0 Å². The quantitative estimate of drug-likeness (QED) is 0.691. The lowest BCUT2D eigenvalue weighted by molar-refractivity contribution is 0.0932. The summed E-state index contributed by atoms with van der Waals surface area (Å²) in [5.74, 6) is -0.283. The number of hydrogen-bond acceptors (Lipinski definition) is 3. The van der Waals surface area contributed by atoms with Gasteiger partial charge >= 0.3 is 0 Å². The van der Waals surface area contributed by atoms with Gasteiger partial charge in [-0.05, 0) is 32.0 Å². The fourth-order valence-electron chi connectivity index (χ4n) is 1.06. The number of hydrogen-bond donors (Lipinski definition) is 3. The normalized spacial score (nSPS) is 10.9. The molecule has 0 unspecified atom stereocenters. The Labute approximate surface area is 99.5 Å². The van der Waals surface area contributed by atoms with Crippen LogP contribution < -0.4 is 11.1 Å². The Morgan fingerprint density at radius 3 is 2.62 bits per heavy atom. The second-order valence-corrected chi connectivity index (χ2v) is 4.43. The maximum atomic E-state index is 11.8. The third-order valence-electron chi connectivity index (χ3n) is 2.15. The van der Waals surface area contributed by atoms with Crippen LogP contribution in [0.1, 0.15) is 24.2 Å². The van der Waals surface area contributed by atoms with Crippen molar-refractivity contribution in [1.29, 1.82) is 0 Å². The van der Waals surface area contributed by atoms with Crippen molar-refractivity contribution < 1.29 is 9.90 Å². The SMILES string of the molecule is CC(C)(NC(=O)c1cccc(O)c1)C(N)=S. The number of nitrogens with two attached hydrogens (primary N) is 1. The van der Waals surface area contributed by atoms with Crippen LogP contribution in [0.3, 0.4) is 0 Å². The number of amides is 1. The maximum absolute atomic E-state index is 11.8. The van der Waals surface area contributed by atoms with E-state index in [1.54, 1.807) is 26.0 Å². The Morgan fingerprint density at radius 2 is 2.12 bits per heavy atom. The van der Waals surface area contributed by atoms with Crippen molar-refractivity contribution in [2.75, 3.05) is 0 Å². The fraction of sp³-hybridized carbons (Fsp3) is 0.273. The first-order chi connectivity index (χ1) is 7.33. The van der Waals surface area contributed by atoms with E-state index in [1.165, 1.54) is 12.1 Å². The van der Waals surface area contributed by atoms with E-state index >= 15 is 0 Å². The highest BCUT2D eigenvalue weighted by Crippen LogP contribution is 2.12. The summed E-state index contributed by atoms with van der Waals surface area (Å²) in [6.07, 6.45) is 0. The minimum absolute atomic E-state index is 0.0424. The number of phenols is 1. The van der Waals surface area contributed by atoms with Crippen LogP contribution in [0.5, 0.6) is 5.75 Å². The van der Waals surface area contributed by atoms with Gasteiger partial charge in [0.15, 0.2) is 0 Å². The van der Waals surface area contributed by atoms with E-state index in [-0.39, 0.29) is 16.6 Å². The van der Waals surface area contributed by atoms with Gasteiger partial charge in [0.25, 0.3) is 5.91 Å². The largest absolute Gasteiger partial charge is 0.508 e. The first-order valence-corrected chi connectivity index (χ1v) is 5.15. The summed E-state index contributed by atoms with van der Waals surface area (Å²) in [4.78, 5) is 12.0. The van der Waals surface area contributed by atoms with E-state index in [0.717, 1.165) is 0 Å². The molecule has 0 heterocycles. The molecule has 5 heteroatoms. The van der Waals surface area contributed by atoms with Gasteiger partial charge in [-0.25, -0.2) is 0 Å². The molecule has 4 N–H and O–H groups in total. The van der Waals surface area contributed by atoms with Crippen LogP contribution in [0.15, 0.2) is 24.3 Å². The van der Waals surface area contributed by atoms with Crippen LogP contribution in [0, 0.1) is 0 Å². The highest BCUT2D eigenvalue weighted by atomic mass is 32.1. The Balaban J connectivity index is 2.85. The van der Waals surface area contributed by atoms with Gasteiger partial charge in [-0.2, -0.15) is 0 Å². The summed E-state index contributed by atoms with van der Waals surface area (Å²) < 4.78 is 0. The van der Waals surface area contributed by atoms with Crippen LogP contribution in [-0.4, -0.2) is 21.5 Å². The third-order valence-corrected chi connectivity index (χ3v) is 2.66. The van der Waals surface area contributed by atoms with Crippen molar-refractivity contribution in [2.45, 2.75) is 19.4 Å². The van der Waals surface area contributed by atoms with E-state index in [0.29, 0.717) is 5.56 Å². The molecule has 0 radical (unpaired) electrons. The molecule has 0 aliphatic carbocycles. The van der Waals surface area contributed by atoms with Gasteiger partial charge in [-0.15, -0.1) is 0 Å². The first kappa shape index (κ1) is 12.4. The molecule has 86 valence electrons. The molecule has 0 fully saturated rings. The number of rotatable bonds is 3. The van der Waals surface area contributed by atoms with Crippen LogP contribution in [0.25, 0.3) is 0 Å². The zero-order valence-electron chi connectivity index (χ0n) is 9.15. The van der Waals surface area contributed by atoms with Gasteiger partial charge in [0.1, 0.15) is 5.75 Å². The minimum atomic E-state index is -0.752. The summed E-state index contributed by atoms with van der Waals surface area (Å²) >= 11 is 4.84. The molecular weight excluding hydrogens is 224 g/mol. The highest BCUT2D eigenvalue weighted by Gasteiger charge is 2.24. The summed E-state index contributed by atoms with van der Waals surface area (Å²) in [7, 11) is 0. The molecule has 0 spiro atoms. The predicted molar refractivity (Wildman–Crippen MR) is 66.4 cm³/mol. The molecule has 0 bridgehead atoms. The second kappa shape index (κ2) is 4.49. The lowest BCUT2D eigenvalue weighted by Crippen LogP contribution is -2.52. The van der Waals surface area contributed by atoms with Crippen molar-refractivity contribution >= 4 is 23.1 Å². The molecule has 1 aromatic carbocycles. The Hall–Kier alpha value is -1.62. The highest BCUT2D eigenvalue weighted by molar-refractivity contribution is 7.80. The van der Waals surface area contributed by atoms with E-state index < -0.39 is 5.54 Å². The van der Waals surface area contributed by atoms with E-state index in [9.17, 15) is 9.90 Å². The summed E-state index contributed by atoms with van der Waals surface area (Å²) in [6, 6.07) is 6.07. The second-order valence-electron chi connectivity index (χ2n) is 3.99. The lowest BCUT2D eigenvalue weighted by Gasteiger charge is -2.24. The Morgan fingerprint density at radius 1 is 1.50 bits per heavy atom. The molecule has 0 atom stereocenters. The molecule has 1 rings (SSSR count). The fourth-order valence-corrected chi connectivity index (χ4v) is 1.12. The standard InChI is InChI=1S/C11H14N2O2S/c1-11(2,10(12)16)13-9(15)7-4-3-5-8(14)6-7/h3-6,14H,1-2H3,(H2,12,16)(H,13,15). The molecule has 1 aromatic rings. The molecule has 0 aliphatic rings. The van der Waals surface area contributed by atoms with Gasteiger partial charge in [-0.3, -0.25) is 4.79 Å². The average molecular weight is 238 g/mol. The van der Waals surface area contributed by atoms with Gasteiger partial charge in [0, 0.05) is 5.56 Å². The van der Waals surface area contributed by atoms with Crippen LogP contribution in [0.4, 0.5) is 0 Å². The van der Waals surface area contributed by atoms with Gasteiger partial charge < -0.3 is 16.2 Å². The monoisotopic (exact) mass is 238 g/mol. The van der Waals surface area contributed by atoms with E-state index in [4.69, 9.17) is 18.0 Å².